The van der Waals surface area contributed by atoms with E-state index in [1.54, 1.807) is 50.6 Å². The fraction of sp³-hybridized carbons (Fsp3) is 0.227. The van der Waals surface area contributed by atoms with Crippen LogP contribution in [0.3, 0.4) is 0 Å². The summed E-state index contributed by atoms with van der Waals surface area (Å²) >= 11 is 0. The van der Waals surface area contributed by atoms with E-state index in [1.807, 2.05) is 19.9 Å². The van der Waals surface area contributed by atoms with Crippen molar-refractivity contribution in [2.75, 3.05) is 20.8 Å². The fourth-order valence-corrected chi connectivity index (χ4v) is 2.71. The third-order valence-electron chi connectivity index (χ3n) is 4.18. The molecular weight excluding hydrogens is 344 g/mol. The molecule has 0 aliphatic heterocycles. The molecule has 0 N–H and O–H groups in total. The van der Waals surface area contributed by atoms with Crippen molar-refractivity contribution in [3.8, 4) is 28.4 Å². The predicted molar refractivity (Wildman–Crippen MR) is 106 cm³/mol. The Hall–Kier alpha value is -3.21. The fourth-order valence-electron chi connectivity index (χ4n) is 2.71. The van der Waals surface area contributed by atoms with Crippen LogP contribution >= 0.6 is 0 Å². The molecule has 3 aromatic rings. The van der Waals surface area contributed by atoms with Crippen LogP contribution in [0.5, 0.6) is 17.2 Å². The van der Waals surface area contributed by atoms with Crippen molar-refractivity contribution in [3.05, 3.63) is 64.5 Å². The van der Waals surface area contributed by atoms with Crippen LogP contribution in [0.25, 0.3) is 22.1 Å². The normalized spacial score (nSPS) is 10.5. The maximum absolute atomic E-state index is 12.9. The number of fused-ring (bicyclic) bond motifs is 1. The van der Waals surface area contributed by atoms with Gasteiger partial charge in [-0.2, -0.15) is 0 Å². The first-order valence-corrected chi connectivity index (χ1v) is 8.57. The Morgan fingerprint density at radius 1 is 1.04 bits per heavy atom. The third kappa shape index (κ3) is 3.97. The van der Waals surface area contributed by atoms with Gasteiger partial charge in [0, 0.05) is 6.07 Å². The average molecular weight is 366 g/mol. The second kappa shape index (κ2) is 7.99. The molecule has 2 aromatic carbocycles. The van der Waals surface area contributed by atoms with Gasteiger partial charge in [0.1, 0.15) is 24.2 Å². The van der Waals surface area contributed by atoms with E-state index in [9.17, 15) is 4.79 Å². The van der Waals surface area contributed by atoms with Crippen LogP contribution in [0.2, 0.25) is 0 Å². The van der Waals surface area contributed by atoms with Crippen LogP contribution in [-0.2, 0) is 0 Å². The monoisotopic (exact) mass is 366 g/mol. The van der Waals surface area contributed by atoms with Crippen molar-refractivity contribution in [2.24, 2.45) is 0 Å². The van der Waals surface area contributed by atoms with E-state index in [4.69, 9.17) is 18.6 Å². The second-order valence-electron chi connectivity index (χ2n) is 6.30. The maximum atomic E-state index is 12.9. The lowest BCUT2D eigenvalue weighted by Crippen LogP contribution is -2.05. The molecule has 0 saturated heterocycles. The molecule has 0 aliphatic rings. The molecule has 0 amide bonds. The Morgan fingerprint density at radius 3 is 2.52 bits per heavy atom. The Labute approximate surface area is 157 Å². The summed E-state index contributed by atoms with van der Waals surface area (Å²) in [6, 6.07) is 10.6. The van der Waals surface area contributed by atoms with Crippen LogP contribution in [0.15, 0.2) is 63.5 Å². The average Bonchev–Trinajstić information content (AvgIpc) is 2.67. The Kier molecular flexibility index (Phi) is 5.50. The van der Waals surface area contributed by atoms with Crippen LogP contribution in [0.4, 0.5) is 0 Å². The van der Waals surface area contributed by atoms with Gasteiger partial charge in [0.05, 0.1) is 25.2 Å². The lowest BCUT2D eigenvalue weighted by molar-refractivity contribution is 0.355. The Morgan fingerprint density at radius 2 is 1.81 bits per heavy atom. The third-order valence-corrected chi connectivity index (χ3v) is 4.18. The van der Waals surface area contributed by atoms with Crippen molar-refractivity contribution >= 4 is 11.0 Å². The standard InChI is InChI=1S/C22H22O5/c1-14(2)9-10-26-16-6-7-17-20(12-16)27-13-18(22(17)23)15-5-8-19(24-3)21(11-15)25-4/h5-9,11-13H,10H2,1-4H3. The number of allylic oxidation sites excluding steroid dienone is 1. The highest BCUT2D eigenvalue weighted by Crippen LogP contribution is 2.32. The topological polar surface area (TPSA) is 57.9 Å². The summed E-state index contributed by atoms with van der Waals surface area (Å²) in [6.45, 7) is 4.50. The molecule has 5 heteroatoms. The van der Waals surface area contributed by atoms with Crippen molar-refractivity contribution in [3.63, 3.8) is 0 Å². The maximum Gasteiger partial charge on any atom is 0.200 e. The number of hydrogen-bond donors (Lipinski definition) is 0. The Balaban J connectivity index is 1.98. The number of hydrogen-bond acceptors (Lipinski definition) is 5. The van der Waals surface area contributed by atoms with Gasteiger partial charge in [-0.25, -0.2) is 0 Å². The molecule has 3 rings (SSSR count). The van der Waals surface area contributed by atoms with Gasteiger partial charge in [-0.05, 0) is 49.8 Å². The minimum absolute atomic E-state index is 0.112. The molecule has 0 bridgehead atoms. The van der Waals surface area contributed by atoms with Gasteiger partial charge < -0.3 is 18.6 Å². The van der Waals surface area contributed by atoms with E-state index in [2.05, 4.69) is 0 Å². The highest BCUT2D eigenvalue weighted by molar-refractivity contribution is 5.83. The largest absolute Gasteiger partial charge is 0.493 e. The Bertz CT molecular complexity index is 1040. The van der Waals surface area contributed by atoms with Gasteiger partial charge in [0.15, 0.2) is 16.9 Å². The minimum Gasteiger partial charge on any atom is -0.493 e. The van der Waals surface area contributed by atoms with Gasteiger partial charge in [0.2, 0.25) is 0 Å². The number of rotatable bonds is 6. The van der Waals surface area contributed by atoms with E-state index in [-0.39, 0.29) is 5.43 Å². The number of ether oxygens (including phenoxy) is 3. The lowest BCUT2D eigenvalue weighted by Gasteiger charge is -2.10. The smallest absolute Gasteiger partial charge is 0.200 e. The summed E-state index contributed by atoms with van der Waals surface area (Å²) in [5, 5.41) is 0.497. The second-order valence-corrected chi connectivity index (χ2v) is 6.30. The molecule has 0 spiro atoms. The zero-order chi connectivity index (χ0) is 19.4. The van der Waals surface area contributed by atoms with Crippen LogP contribution in [0, 0.1) is 0 Å². The van der Waals surface area contributed by atoms with Gasteiger partial charge in [-0.3, -0.25) is 4.79 Å². The summed E-state index contributed by atoms with van der Waals surface area (Å²) in [5.41, 5.74) is 2.72. The summed E-state index contributed by atoms with van der Waals surface area (Å²) in [4.78, 5) is 12.9. The highest BCUT2D eigenvalue weighted by atomic mass is 16.5. The molecule has 1 aromatic heterocycles. The van der Waals surface area contributed by atoms with E-state index < -0.39 is 0 Å². The molecule has 0 aliphatic carbocycles. The number of benzene rings is 2. The summed E-state index contributed by atoms with van der Waals surface area (Å²) in [7, 11) is 3.13. The molecule has 140 valence electrons. The summed E-state index contributed by atoms with van der Waals surface area (Å²) in [5.74, 6) is 1.81. The van der Waals surface area contributed by atoms with Crippen molar-refractivity contribution < 1.29 is 18.6 Å². The molecule has 5 nitrogen and oxygen atoms in total. The van der Waals surface area contributed by atoms with Crippen LogP contribution in [0.1, 0.15) is 13.8 Å². The predicted octanol–water partition coefficient (Wildman–Crippen LogP) is 4.82. The molecular formula is C22H22O5. The first-order valence-electron chi connectivity index (χ1n) is 8.57. The lowest BCUT2D eigenvalue weighted by atomic mass is 10.0. The summed E-state index contributed by atoms with van der Waals surface area (Å²) in [6.07, 6.45) is 3.45. The quantitative estimate of drug-likeness (QED) is 0.585. The zero-order valence-electron chi connectivity index (χ0n) is 15.9. The van der Waals surface area contributed by atoms with E-state index >= 15 is 0 Å². The molecule has 0 atom stereocenters. The molecule has 0 unspecified atom stereocenters. The molecule has 0 fully saturated rings. The zero-order valence-corrected chi connectivity index (χ0v) is 15.9. The molecule has 0 radical (unpaired) electrons. The van der Waals surface area contributed by atoms with Gasteiger partial charge in [-0.1, -0.05) is 11.6 Å². The minimum atomic E-state index is -0.112. The van der Waals surface area contributed by atoms with E-state index in [0.717, 1.165) is 0 Å². The summed E-state index contributed by atoms with van der Waals surface area (Å²) < 4.78 is 21.9. The molecule has 27 heavy (non-hydrogen) atoms. The van der Waals surface area contributed by atoms with Crippen molar-refractivity contribution in [1.29, 1.82) is 0 Å². The SMILES string of the molecule is COc1ccc(-c2coc3cc(OCC=C(C)C)ccc3c2=O)cc1OC. The van der Waals surface area contributed by atoms with Gasteiger partial charge >= 0.3 is 0 Å². The van der Waals surface area contributed by atoms with Crippen LogP contribution < -0.4 is 19.6 Å². The number of methoxy groups -OCH3 is 2. The molecule has 1 heterocycles. The van der Waals surface area contributed by atoms with E-state index in [0.29, 0.717) is 46.0 Å². The van der Waals surface area contributed by atoms with E-state index in [1.165, 1.54) is 11.8 Å². The first kappa shape index (κ1) is 18.6. The van der Waals surface area contributed by atoms with Gasteiger partial charge in [0.25, 0.3) is 0 Å². The molecule has 0 saturated carbocycles. The first-order chi connectivity index (χ1) is 13.0. The highest BCUT2D eigenvalue weighted by Gasteiger charge is 2.13. The van der Waals surface area contributed by atoms with Crippen molar-refractivity contribution in [2.45, 2.75) is 13.8 Å². The van der Waals surface area contributed by atoms with Crippen molar-refractivity contribution in [1.82, 2.24) is 0 Å². The van der Waals surface area contributed by atoms with Crippen LogP contribution in [-0.4, -0.2) is 20.8 Å². The van der Waals surface area contributed by atoms with Gasteiger partial charge in [-0.15, -0.1) is 0 Å².